The monoisotopic (exact) mass is 197 g/mol. The van der Waals surface area contributed by atoms with E-state index < -0.39 is 0 Å². The van der Waals surface area contributed by atoms with Gasteiger partial charge in [-0.2, -0.15) is 0 Å². The minimum absolute atomic E-state index is 0.0502. The number of halogens is 1. The highest BCUT2D eigenvalue weighted by atomic mass is 19.1. The van der Waals surface area contributed by atoms with Crippen LogP contribution in [0.2, 0.25) is 0 Å². The maximum Gasteiger partial charge on any atom is 0.161 e. The molecule has 1 atom stereocenters. The van der Waals surface area contributed by atoms with E-state index in [1.165, 1.54) is 12.1 Å². The molecule has 1 rings (SSSR count). The Balaban J connectivity index is 2.69. The van der Waals surface area contributed by atoms with Crippen LogP contribution >= 0.6 is 0 Å². The standard InChI is InChI=1S/C9H12FN3O/c1-6(9(11)13-14)12-8-4-2-3-7(10)5-8/h2-6,12,14H,1H3,(H2,11,13). The summed E-state index contributed by atoms with van der Waals surface area (Å²) < 4.78 is 12.7. The van der Waals surface area contributed by atoms with Crippen molar-refractivity contribution in [3.05, 3.63) is 30.1 Å². The molecule has 0 spiro atoms. The number of nitrogens with two attached hydrogens (primary N) is 1. The van der Waals surface area contributed by atoms with Gasteiger partial charge in [0.05, 0.1) is 6.04 Å². The van der Waals surface area contributed by atoms with Crippen molar-refractivity contribution in [2.24, 2.45) is 10.9 Å². The first-order chi connectivity index (χ1) is 6.63. The molecule has 1 unspecified atom stereocenters. The van der Waals surface area contributed by atoms with Crippen molar-refractivity contribution in [1.82, 2.24) is 0 Å². The molecule has 4 N–H and O–H groups in total. The molecule has 0 heterocycles. The fourth-order valence-corrected chi connectivity index (χ4v) is 0.989. The van der Waals surface area contributed by atoms with Gasteiger partial charge >= 0.3 is 0 Å². The van der Waals surface area contributed by atoms with E-state index in [-0.39, 0.29) is 17.7 Å². The summed E-state index contributed by atoms with van der Waals surface area (Å²) in [5.74, 6) is -0.282. The topological polar surface area (TPSA) is 70.6 Å². The molecular weight excluding hydrogens is 185 g/mol. The molecule has 0 bridgehead atoms. The predicted octanol–water partition coefficient (Wildman–Crippen LogP) is 1.37. The third-order valence-electron chi connectivity index (χ3n) is 1.77. The molecular formula is C9H12FN3O. The molecule has 0 aliphatic rings. The van der Waals surface area contributed by atoms with Gasteiger partial charge in [-0.1, -0.05) is 11.2 Å². The van der Waals surface area contributed by atoms with E-state index in [0.717, 1.165) is 0 Å². The lowest BCUT2D eigenvalue weighted by Gasteiger charge is -2.13. The third kappa shape index (κ3) is 2.62. The van der Waals surface area contributed by atoms with Crippen LogP contribution in [-0.4, -0.2) is 17.1 Å². The van der Waals surface area contributed by atoms with Gasteiger partial charge in [0.15, 0.2) is 5.84 Å². The number of anilines is 1. The van der Waals surface area contributed by atoms with Crippen LogP contribution in [0.15, 0.2) is 29.4 Å². The lowest BCUT2D eigenvalue weighted by molar-refractivity contribution is 0.316. The second-order valence-electron chi connectivity index (χ2n) is 2.90. The minimum Gasteiger partial charge on any atom is -0.409 e. The lowest BCUT2D eigenvalue weighted by atomic mass is 10.2. The zero-order valence-electron chi connectivity index (χ0n) is 7.74. The van der Waals surface area contributed by atoms with Gasteiger partial charge in [-0.3, -0.25) is 0 Å². The summed E-state index contributed by atoms with van der Waals surface area (Å²) in [6.07, 6.45) is 0. The van der Waals surface area contributed by atoms with Crippen LogP contribution in [0.5, 0.6) is 0 Å². The second-order valence-corrected chi connectivity index (χ2v) is 2.90. The Morgan fingerprint density at radius 2 is 2.36 bits per heavy atom. The first kappa shape index (κ1) is 10.3. The van der Waals surface area contributed by atoms with Gasteiger partial charge < -0.3 is 16.3 Å². The molecule has 4 nitrogen and oxygen atoms in total. The van der Waals surface area contributed by atoms with E-state index in [2.05, 4.69) is 10.5 Å². The molecule has 76 valence electrons. The molecule has 0 amide bonds. The lowest BCUT2D eigenvalue weighted by Crippen LogP contribution is -2.32. The van der Waals surface area contributed by atoms with Gasteiger partial charge in [0.25, 0.3) is 0 Å². The van der Waals surface area contributed by atoms with Crippen LogP contribution in [0.25, 0.3) is 0 Å². The van der Waals surface area contributed by atoms with Crippen LogP contribution in [0.3, 0.4) is 0 Å². The first-order valence-electron chi connectivity index (χ1n) is 4.13. The Bertz CT molecular complexity index is 341. The van der Waals surface area contributed by atoms with Crippen molar-refractivity contribution in [2.45, 2.75) is 13.0 Å². The minimum atomic E-state index is -0.346. The van der Waals surface area contributed by atoms with E-state index in [4.69, 9.17) is 10.9 Å². The van der Waals surface area contributed by atoms with Crippen molar-refractivity contribution >= 4 is 11.5 Å². The maximum absolute atomic E-state index is 12.7. The Hall–Kier alpha value is -1.78. The number of hydrogen-bond donors (Lipinski definition) is 3. The number of rotatable bonds is 3. The Morgan fingerprint density at radius 3 is 2.93 bits per heavy atom. The predicted molar refractivity (Wildman–Crippen MR) is 52.9 cm³/mol. The second kappa shape index (κ2) is 4.45. The highest BCUT2D eigenvalue weighted by Gasteiger charge is 2.06. The van der Waals surface area contributed by atoms with E-state index in [1.807, 2.05) is 0 Å². The molecule has 0 aromatic heterocycles. The SMILES string of the molecule is CC(Nc1cccc(F)c1)C(N)=NO. The van der Waals surface area contributed by atoms with Crippen LogP contribution in [0.1, 0.15) is 6.92 Å². The third-order valence-corrected chi connectivity index (χ3v) is 1.77. The van der Waals surface area contributed by atoms with E-state index >= 15 is 0 Å². The summed E-state index contributed by atoms with van der Waals surface area (Å²) >= 11 is 0. The normalized spacial score (nSPS) is 13.7. The molecule has 0 aliphatic heterocycles. The summed E-state index contributed by atoms with van der Waals surface area (Å²) in [7, 11) is 0. The zero-order valence-corrected chi connectivity index (χ0v) is 7.74. The average Bonchev–Trinajstić information content (AvgIpc) is 2.16. The molecule has 1 aromatic carbocycles. The molecule has 0 saturated carbocycles. The maximum atomic E-state index is 12.7. The first-order valence-corrected chi connectivity index (χ1v) is 4.13. The zero-order chi connectivity index (χ0) is 10.6. The van der Waals surface area contributed by atoms with Gasteiger partial charge in [0, 0.05) is 5.69 Å². The van der Waals surface area contributed by atoms with Crippen LogP contribution in [-0.2, 0) is 0 Å². The summed E-state index contributed by atoms with van der Waals surface area (Å²) in [6.45, 7) is 1.71. The van der Waals surface area contributed by atoms with Gasteiger partial charge in [-0.15, -0.1) is 0 Å². The largest absolute Gasteiger partial charge is 0.409 e. The molecule has 1 aromatic rings. The van der Waals surface area contributed by atoms with Crippen molar-refractivity contribution in [3.63, 3.8) is 0 Å². The highest BCUT2D eigenvalue weighted by Crippen LogP contribution is 2.10. The number of nitrogens with one attached hydrogen (secondary N) is 1. The van der Waals surface area contributed by atoms with Gasteiger partial charge in [-0.05, 0) is 25.1 Å². The van der Waals surface area contributed by atoms with Gasteiger partial charge in [0.1, 0.15) is 5.82 Å². The van der Waals surface area contributed by atoms with Gasteiger partial charge in [0.2, 0.25) is 0 Å². The molecule has 0 radical (unpaired) electrons. The van der Waals surface area contributed by atoms with E-state index in [1.54, 1.807) is 19.1 Å². The van der Waals surface area contributed by atoms with Crippen molar-refractivity contribution in [2.75, 3.05) is 5.32 Å². The fourth-order valence-electron chi connectivity index (χ4n) is 0.989. The molecule has 14 heavy (non-hydrogen) atoms. The van der Waals surface area contributed by atoms with Crippen LogP contribution in [0.4, 0.5) is 10.1 Å². The number of nitrogens with zero attached hydrogens (tertiary/aromatic N) is 1. The number of benzene rings is 1. The Kier molecular flexibility index (Phi) is 3.28. The molecule has 0 saturated heterocycles. The molecule has 5 heteroatoms. The van der Waals surface area contributed by atoms with Crippen molar-refractivity contribution in [3.8, 4) is 0 Å². The van der Waals surface area contributed by atoms with Crippen LogP contribution < -0.4 is 11.1 Å². The van der Waals surface area contributed by atoms with Crippen molar-refractivity contribution < 1.29 is 9.60 Å². The summed E-state index contributed by atoms with van der Waals surface area (Å²) in [6, 6.07) is 5.61. The van der Waals surface area contributed by atoms with Crippen LogP contribution in [0, 0.1) is 5.82 Å². The summed E-state index contributed by atoms with van der Waals surface area (Å²) in [4.78, 5) is 0. The smallest absolute Gasteiger partial charge is 0.161 e. The highest BCUT2D eigenvalue weighted by molar-refractivity contribution is 5.87. The molecule has 0 fully saturated rings. The quantitative estimate of drug-likeness (QED) is 0.296. The number of amidine groups is 1. The van der Waals surface area contributed by atoms with E-state index in [9.17, 15) is 4.39 Å². The number of oxime groups is 1. The average molecular weight is 197 g/mol. The fraction of sp³-hybridized carbons (Fsp3) is 0.222. The Labute approximate surface area is 81.2 Å². The van der Waals surface area contributed by atoms with Crippen molar-refractivity contribution in [1.29, 1.82) is 0 Å². The molecule has 0 aliphatic carbocycles. The van der Waals surface area contributed by atoms with E-state index in [0.29, 0.717) is 5.69 Å². The Morgan fingerprint density at radius 1 is 1.64 bits per heavy atom. The summed E-state index contributed by atoms with van der Waals surface area (Å²) in [5.41, 5.74) is 5.93. The number of hydrogen-bond acceptors (Lipinski definition) is 3. The van der Waals surface area contributed by atoms with Gasteiger partial charge in [-0.25, -0.2) is 4.39 Å². The summed E-state index contributed by atoms with van der Waals surface area (Å²) in [5, 5.41) is 14.1.